The van der Waals surface area contributed by atoms with E-state index in [1.807, 2.05) is 30.3 Å². The zero-order chi connectivity index (χ0) is 21.4. The number of anilines is 1. The van der Waals surface area contributed by atoms with Crippen molar-refractivity contribution in [2.24, 2.45) is 0 Å². The van der Waals surface area contributed by atoms with Gasteiger partial charge in [0.15, 0.2) is 0 Å². The van der Waals surface area contributed by atoms with Crippen molar-refractivity contribution in [2.45, 2.75) is 18.4 Å². The highest BCUT2D eigenvalue weighted by atomic mass is 32.1. The first-order chi connectivity index (χ1) is 15.1. The number of carbonyl (C=O) groups excluding carboxylic acids is 2. The number of methoxy groups -OCH3 is 1. The van der Waals surface area contributed by atoms with E-state index in [4.69, 9.17) is 4.74 Å². The van der Waals surface area contributed by atoms with Crippen LogP contribution in [-0.4, -0.2) is 29.1 Å². The van der Waals surface area contributed by atoms with Crippen molar-refractivity contribution in [3.05, 3.63) is 76.7 Å². The number of rotatable bonds is 6. The predicted octanol–water partition coefficient (Wildman–Crippen LogP) is 4.30. The molecule has 0 saturated heterocycles. The third-order valence-electron chi connectivity index (χ3n) is 5.49. The van der Waals surface area contributed by atoms with Crippen LogP contribution in [0.1, 0.15) is 38.4 Å². The molecule has 0 bridgehead atoms. The molecule has 0 atom stereocenters. The fourth-order valence-corrected chi connectivity index (χ4v) is 4.48. The van der Waals surface area contributed by atoms with Gasteiger partial charge < -0.3 is 15.4 Å². The number of carbonyl (C=O) groups is 2. The largest absolute Gasteiger partial charge is 0.497 e. The summed E-state index contributed by atoms with van der Waals surface area (Å²) in [5.41, 5.74) is 1.34. The summed E-state index contributed by atoms with van der Waals surface area (Å²) in [5, 5.41) is 13.8. The fourth-order valence-electron chi connectivity index (χ4n) is 3.59. The molecule has 7 nitrogen and oxygen atoms in total. The van der Waals surface area contributed by atoms with E-state index in [0.29, 0.717) is 32.2 Å². The highest BCUT2D eigenvalue weighted by Gasteiger charge is 2.45. The lowest BCUT2D eigenvalue weighted by Crippen LogP contribution is -2.34. The van der Waals surface area contributed by atoms with E-state index in [1.165, 1.54) is 11.3 Å². The number of amides is 2. The van der Waals surface area contributed by atoms with Crippen molar-refractivity contribution < 1.29 is 14.3 Å². The Morgan fingerprint density at radius 1 is 1.06 bits per heavy atom. The minimum atomic E-state index is -0.280. The summed E-state index contributed by atoms with van der Waals surface area (Å²) in [6, 6.07) is 18.6. The van der Waals surface area contributed by atoms with Crippen LogP contribution >= 0.6 is 11.3 Å². The Labute approximate surface area is 182 Å². The average molecular weight is 433 g/mol. The highest BCUT2D eigenvalue weighted by Crippen LogP contribution is 2.45. The van der Waals surface area contributed by atoms with Gasteiger partial charge in [0.1, 0.15) is 16.4 Å². The Kier molecular flexibility index (Phi) is 4.71. The average Bonchev–Trinajstić information content (AvgIpc) is 3.30. The van der Waals surface area contributed by atoms with E-state index < -0.39 is 0 Å². The Morgan fingerprint density at radius 2 is 1.81 bits per heavy atom. The van der Waals surface area contributed by atoms with Gasteiger partial charge in [-0.3, -0.25) is 14.7 Å². The molecule has 0 spiro atoms. The van der Waals surface area contributed by atoms with Gasteiger partial charge in [-0.25, -0.2) is 0 Å². The first-order valence-corrected chi connectivity index (χ1v) is 10.7. The van der Waals surface area contributed by atoms with Crippen molar-refractivity contribution in [3.63, 3.8) is 0 Å². The second-order valence-electron chi connectivity index (χ2n) is 7.51. The number of thiophene rings is 1. The maximum atomic E-state index is 12.9. The summed E-state index contributed by atoms with van der Waals surface area (Å²) >= 11 is 1.30. The van der Waals surface area contributed by atoms with E-state index in [0.717, 1.165) is 18.4 Å². The molecule has 3 N–H and O–H groups in total. The van der Waals surface area contributed by atoms with Crippen LogP contribution in [0.25, 0.3) is 10.2 Å². The number of nitrogens with zero attached hydrogens (tertiary/aromatic N) is 1. The number of aromatic nitrogens is 2. The van der Waals surface area contributed by atoms with Crippen LogP contribution in [0.5, 0.6) is 5.75 Å². The van der Waals surface area contributed by atoms with Gasteiger partial charge in [-0.2, -0.15) is 5.10 Å². The molecule has 2 amide bonds. The topological polar surface area (TPSA) is 96.1 Å². The molecule has 2 heterocycles. The van der Waals surface area contributed by atoms with Crippen molar-refractivity contribution in [1.29, 1.82) is 0 Å². The molecular formula is C23H20N4O3S. The summed E-state index contributed by atoms with van der Waals surface area (Å²) < 4.78 is 5.12. The van der Waals surface area contributed by atoms with Gasteiger partial charge in [-0.1, -0.05) is 30.3 Å². The summed E-state index contributed by atoms with van der Waals surface area (Å²) in [5.74, 6) is 0.747. The van der Waals surface area contributed by atoms with Gasteiger partial charge in [-0.15, -0.1) is 11.3 Å². The Bertz CT molecular complexity index is 1260. The summed E-state index contributed by atoms with van der Waals surface area (Å²) in [4.78, 5) is 26.7. The molecule has 5 rings (SSSR count). The van der Waals surface area contributed by atoms with Crippen LogP contribution in [-0.2, 0) is 5.54 Å². The quantitative estimate of drug-likeness (QED) is 0.423. The first-order valence-electron chi connectivity index (χ1n) is 9.89. The molecule has 1 saturated carbocycles. The van der Waals surface area contributed by atoms with E-state index in [9.17, 15) is 9.59 Å². The third-order valence-corrected chi connectivity index (χ3v) is 6.52. The van der Waals surface area contributed by atoms with Crippen LogP contribution in [0.15, 0.2) is 60.7 Å². The Hall–Kier alpha value is -3.65. The minimum Gasteiger partial charge on any atom is -0.497 e. The van der Waals surface area contributed by atoms with Gasteiger partial charge in [0.2, 0.25) is 0 Å². The molecule has 0 unspecified atom stereocenters. The van der Waals surface area contributed by atoms with Crippen LogP contribution in [0.4, 0.5) is 5.82 Å². The smallest absolute Gasteiger partial charge is 0.262 e. The fraction of sp³-hybridized carbons (Fsp3) is 0.174. The van der Waals surface area contributed by atoms with Gasteiger partial charge in [-0.05, 0) is 48.7 Å². The number of nitrogens with one attached hydrogen (secondary N) is 3. The standard InChI is InChI=1S/C23H20N4O3S/c1-30-16-9-7-14(8-10-16)20(28)24-19-17-13-18(31-22(17)27-26-19)21(29)25-23(11-12-23)15-5-3-2-4-6-15/h2-10,13H,11-12H2,1H3,(H,25,29)(H2,24,26,27,28). The number of aromatic amines is 1. The molecule has 31 heavy (non-hydrogen) atoms. The number of H-pyrrole nitrogens is 1. The number of benzene rings is 2. The monoisotopic (exact) mass is 432 g/mol. The molecule has 1 aliphatic carbocycles. The van der Waals surface area contributed by atoms with E-state index in [2.05, 4.69) is 20.8 Å². The third kappa shape index (κ3) is 3.66. The Balaban J connectivity index is 1.33. The van der Waals surface area contributed by atoms with Gasteiger partial charge in [0.25, 0.3) is 11.8 Å². The number of hydrogen-bond acceptors (Lipinski definition) is 5. The van der Waals surface area contributed by atoms with Crippen LogP contribution in [0.2, 0.25) is 0 Å². The number of ether oxygens (including phenoxy) is 1. The van der Waals surface area contributed by atoms with Crippen molar-refractivity contribution in [1.82, 2.24) is 15.5 Å². The van der Waals surface area contributed by atoms with Gasteiger partial charge in [0, 0.05) is 5.56 Å². The molecule has 8 heteroatoms. The second kappa shape index (κ2) is 7.55. The summed E-state index contributed by atoms with van der Waals surface area (Å²) in [6.45, 7) is 0. The molecule has 4 aromatic rings. The van der Waals surface area contributed by atoms with Crippen LogP contribution in [0.3, 0.4) is 0 Å². The lowest BCUT2D eigenvalue weighted by molar-refractivity contribution is 0.0934. The van der Waals surface area contributed by atoms with Crippen molar-refractivity contribution in [3.8, 4) is 5.75 Å². The van der Waals surface area contributed by atoms with E-state index >= 15 is 0 Å². The molecule has 156 valence electrons. The number of hydrogen-bond donors (Lipinski definition) is 3. The lowest BCUT2D eigenvalue weighted by atomic mass is 10.1. The van der Waals surface area contributed by atoms with E-state index in [1.54, 1.807) is 37.4 Å². The molecule has 1 aliphatic rings. The maximum Gasteiger partial charge on any atom is 0.262 e. The van der Waals surface area contributed by atoms with Crippen molar-refractivity contribution >= 4 is 39.2 Å². The molecule has 2 aromatic heterocycles. The Morgan fingerprint density at radius 3 is 2.48 bits per heavy atom. The summed E-state index contributed by atoms with van der Waals surface area (Å²) in [7, 11) is 1.58. The van der Waals surface area contributed by atoms with Gasteiger partial charge in [0.05, 0.1) is 22.9 Å². The normalized spacial score (nSPS) is 14.2. The molecule has 0 radical (unpaired) electrons. The second-order valence-corrected chi connectivity index (χ2v) is 8.54. The van der Waals surface area contributed by atoms with Crippen LogP contribution in [0, 0.1) is 0 Å². The zero-order valence-corrected chi connectivity index (χ0v) is 17.6. The summed E-state index contributed by atoms with van der Waals surface area (Å²) in [6.07, 6.45) is 1.85. The van der Waals surface area contributed by atoms with Crippen LogP contribution < -0.4 is 15.4 Å². The maximum absolute atomic E-state index is 12.9. The zero-order valence-electron chi connectivity index (χ0n) is 16.8. The minimum absolute atomic E-state index is 0.128. The van der Waals surface area contributed by atoms with Crippen molar-refractivity contribution in [2.75, 3.05) is 12.4 Å². The highest BCUT2D eigenvalue weighted by molar-refractivity contribution is 7.20. The first kappa shape index (κ1) is 19.3. The number of fused-ring (bicyclic) bond motifs is 1. The van der Waals surface area contributed by atoms with E-state index in [-0.39, 0.29) is 17.4 Å². The SMILES string of the molecule is COc1ccc(C(=O)Nc2[nH]nc3sc(C(=O)NC4(c5ccccc5)CC4)cc23)cc1. The molecule has 2 aromatic carbocycles. The predicted molar refractivity (Wildman–Crippen MR) is 120 cm³/mol. The molecule has 0 aliphatic heterocycles. The lowest BCUT2D eigenvalue weighted by Gasteiger charge is -2.17. The molecular weight excluding hydrogens is 412 g/mol. The molecule has 1 fully saturated rings. The van der Waals surface area contributed by atoms with Gasteiger partial charge >= 0.3 is 0 Å².